The Morgan fingerprint density at radius 2 is 1.55 bits per heavy atom. The number of hydrogen-bond acceptors (Lipinski definition) is 5. The number of carbonyl (C=O) groups is 3. The third-order valence-electron chi connectivity index (χ3n) is 7.11. The van der Waals surface area contributed by atoms with Gasteiger partial charge in [0.25, 0.3) is 11.8 Å². The van der Waals surface area contributed by atoms with Gasteiger partial charge in [-0.05, 0) is 60.2 Å². The van der Waals surface area contributed by atoms with E-state index in [1.54, 1.807) is 66.9 Å². The molecule has 10 heteroatoms. The number of carbonyl (C=O) groups excluding carboxylic acids is 3. The van der Waals surface area contributed by atoms with Gasteiger partial charge in [-0.15, -0.1) is 11.8 Å². The van der Waals surface area contributed by atoms with Crippen LogP contribution in [-0.2, 0) is 9.59 Å². The van der Waals surface area contributed by atoms with Crippen LogP contribution in [0.25, 0.3) is 17.0 Å². The number of aromatic nitrogens is 2. The van der Waals surface area contributed by atoms with E-state index in [-0.39, 0.29) is 11.6 Å². The molecule has 0 fully saturated rings. The van der Waals surface area contributed by atoms with Crippen molar-refractivity contribution in [2.24, 2.45) is 0 Å². The number of H-pyrrole nitrogens is 1. The molecule has 47 heavy (non-hydrogen) atoms. The van der Waals surface area contributed by atoms with Crippen LogP contribution in [0.2, 0.25) is 5.02 Å². The van der Waals surface area contributed by atoms with E-state index in [1.165, 1.54) is 18.0 Å². The lowest BCUT2D eigenvalue weighted by atomic mass is 10.1. The second-order valence-electron chi connectivity index (χ2n) is 10.4. The number of nitrogens with zero attached hydrogens (tertiary/aromatic N) is 1. The summed E-state index contributed by atoms with van der Waals surface area (Å²) in [6.45, 7) is 0. The van der Waals surface area contributed by atoms with Gasteiger partial charge in [0.2, 0.25) is 5.91 Å². The maximum atomic E-state index is 13.7. The fourth-order valence-corrected chi connectivity index (χ4v) is 6.03. The van der Waals surface area contributed by atoms with E-state index in [9.17, 15) is 14.4 Å². The minimum absolute atomic E-state index is 0.0682. The van der Waals surface area contributed by atoms with E-state index in [0.29, 0.717) is 22.1 Å². The van der Waals surface area contributed by atoms with Crippen LogP contribution in [0.5, 0.6) is 0 Å². The third kappa shape index (κ3) is 7.96. The van der Waals surface area contributed by atoms with Crippen LogP contribution in [0.15, 0.2) is 144 Å². The van der Waals surface area contributed by atoms with Crippen molar-refractivity contribution >= 4 is 69.6 Å². The summed E-state index contributed by atoms with van der Waals surface area (Å²) in [7, 11) is 0. The molecule has 4 aromatic carbocycles. The lowest BCUT2D eigenvalue weighted by molar-refractivity contribution is -0.116. The number of benzene rings is 4. The quantitative estimate of drug-likeness (QED) is 0.0878. The molecule has 0 saturated heterocycles. The first kappa shape index (κ1) is 31.3. The van der Waals surface area contributed by atoms with Crippen molar-refractivity contribution in [3.63, 3.8) is 0 Å². The summed E-state index contributed by atoms with van der Waals surface area (Å²) in [5.41, 5.74) is 3.43. The Hall–Kier alpha value is -5.64. The summed E-state index contributed by atoms with van der Waals surface area (Å²) < 4.78 is 0. The Morgan fingerprint density at radius 1 is 0.809 bits per heavy atom. The zero-order valence-corrected chi connectivity index (χ0v) is 26.4. The number of hydrogen-bond donors (Lipinski definition) is 4. The Morgan fingerprint density at radius 3 is 2.32 bits per heavy atom. The van der Waals surface area contributed by atoms with E-state index in [2.05, 4.69) is 25.9 Å². The third-order valence-corrected chi connectivity index (χ3v) is 8.59. The van der Waals surface area contributed by atoms with Gasteiger partial charge >= 0.3 is 0 Å². The molecule has 0 saturated carbocycles. The van der Waals surface area contributed by atoms with Crippen LogP contribution >= 0.6 is 23.4 Å². The van der Waals surface area contributed by atoms with Gasteiger partial charge in [-0.2, -0.15) is 0 Å². The van der Waals surface area contributed by atoms with Gasteiger partial charge in [0.15, 0.2) is 0 Å². The Balaban J connectivity index is 1.25. The Kier molecular flexibility index (Phi) is 9.76. The predicted molar refractivity (Wildman–Crippen MR) is 188 cm³/mol. The molecule has 0 aliphatic rings. The minimum Gasteiger partial charge on any atom is -0.361 e. The van der Waals surface area contributed by atoms with Crippen molar-refractivity contribution in [2.45, 2.75) is 10.1 Å². The number of aromatic amines is 1. The number of rotatable bonds is 10. The van der Waals surface area contributed by atoms with E-state index in [1.807, 2.05) is 66.7 Å². The van der Waals surface area contributed by atoms with E-state index in [4.69, 9.17) is 11.6 Å². The highest BCUT2D eigenvalue weighted by Gasteiger charge is 2.23. The van der Waals surface area contributed by atoms with Crippen molar-refractivity contribution in [3.8, 4) is 0 Å². The predicted octanol–water partition coefficient (Wildman–Crippen LogP) is 8.10. The number of fused-ring (bicyclic) bond motifs is 1. The van der Waals surface area contributed by atoms with Gasteiger partial charge in [-0.3, -0.25) is 14.4 Å². The van der Waals surface area contributed by atoms with Crippen LogP contribution in [0.4, 0.5) is 11.5 Å². The summed E-state index contributed by atoms with van der Waals surface area (Å²) >= 11 is 7.29. The number of amides is 3. The fraction of sp³-hybridized carbons (Fsp3) is 0.0270. The number of anilines is 2. The molecular weight excluding hydrogens is 630 g/mol. The average Bonchev–Trinajstić information content (AvgIpc) is 3.51. The summed E-state index contributed by atoms with van der Waals surface area (Å²) in [6.07, 6.45) is 4.91. The average molecular weight is 658 g/mol. The van der Waals surface area contributed by atoms with Crippen molar-refractivity contribution in [2.75, 3.05) is 10.6 Å². The van der Waals surface area contributed by atoms with Crippen LogP contribution < -0.4 is 16.0 Å². The standard InChI is InChI=1S/C37H28ClN5O3S/c38-27-18-19-33(40-23-27)43-37(46)34(24-10-3-1-4-11-24)47-29-15-9-14-28(21-29)41-36(45)32(42-35(44)25-12-5-2-6-13-25)20-26-22-39-31-17-8-7-16-30(26)31/h1-23,34,39H,(H,41,45)(H,42,44)(H,40,43,46)/b32-20-. The molecular formula is C37H28ClN5O3S. The summed E-state index contributed by atoms with van der Waals surface area (Å²) in [4.78, 5) is 48.5. The molecule has 1 atom stereocenters. The van der Waals surface area contributed by atoms with Crippen molar-refractivity contribution in [1.29, 1.82) is 0 Å². The summed E-state index contributed by atoms with van der Waals surface area (Å²) in [6, 6.07) is 36.3. The van der Waals surface area contributed by atoms with E-state index >= 15 is 0 Å². The maximum absolute atomic E-state index is 13.7. The zero-order chi connectivity index (χ0) is 32.6. The van der Waals surface area contributed by atoms with E-state index < -0.39 is 17.1 Å². The highest BCUT2D eigenvalue weighted by molar-refractivity contribution is 8.00. The number of thioether (sulfide) groups is 1. The van der Waals surface area contributed by atoms with Gasteiger partial charge in [0, 0.05) is 45.0 Å². The van der Waals surface area contributed by atoms with Gasteiger partial charge < -0.3 is 20.9 Å². The van der Waals surface area contributed by atoms with Crippen molar-refractivity contribution < 1.29 is 14.4 Å². The molecule has 0 aliphatic carbocycles. The highest BCUT2D eigenvalue weighted by atomic mass is 35.5. The molecule has 8 nitrogen and oxygen atoms in total. The first-order chi connectivity index (χ1) is 22.9. The normalized spacial score (nSPS) is 11.9. The lowest BCUT2D eigenvalue weighted by Crippen LogP contribution is -2.30. The summed E-state index contributed by atoms with van der Waals surface area (Å²) in [5.74, 6) is -0.803. The monoisotopic (exact) mass is 657 g/mol. The molecule has 4 N–H and O–H groups in total. The molecule has 1 unspecified atom stereocenters. The topological polar surface area (TPSA) is 116 Å². The lowest BCUT2D eigenvalue weighted by Gasteiger charge is -2.17. The fourth-order valence-electron chi connectivity index (χ4n) is 4.84. The molecule has 232 valence electrons. The number of pyridine rings is 1. The summed E-state index contributed by atoms with van der Waals surface area (Å²) in [5, 5.41) is 9.33. The molecule has 2 heterocycles. The highest BCUT2D eigenvalue weighted by Crippen LogP contribution is 2.37. The molecule has 3 amide bonds. The first-order valence-electron chi connectivity index (χ1n) is 14.6. The molecule has 6 aromatic rings. The minimum atomic E-state index is -0.623. The van der Waals surface area contributed by atoms with Gasteiger partial charge in [-0.25, -0.2) is 4.98 Å². The van der Waals surface area contributed by atoms with Crippen molar-refractivity contribution in [1.82, 2.24) is 15.3 Å². The molecule has 0 aliphatic heterocycles. The second kappa shape index (κ2) is 14.6. The SMILES string of the molecule is O=C(Nc1cccc(SC(C(=O)Nc2ccc(Cl)cn2)c2ccccc2)c1)/C(=C/c1c[nH]c2ccccc12)NC(=O)c1ccccc1. The Bertz CT molecular complexity index is 2070. The number of nitrogens with one attached hydrogen (secondary N) is 4. The van der Waals surface area contributed by atoms with Crippen molar-refractivity contribution in [3.05, 3.63) is 161 Å². The van der Waals surface area contributed by atoms with Crippen LogP contribution in [0, 0.1) is 0 Å². The first-order valence-corrected chi connectivity index (χ1v) is 15.9. The van der Waals surface area contributed by atoms with Crippen LogP contribution in [0.3, 0.4) is 0 Å². The van der Waals surface area contributed by atoms with E-state index in [0.717, 1.165) is 26.9 Å². The van der Waals surface area contributed by atoms with Crippen LogP contribution in [-0.4, -0.2) is 27.7 Å². The number of halogens is 1. The van der Waals surface area contributed by atoms with Gasteiger partial charge in [-0.1, -0.05) is 84.4 Å². The Labute approximate surface area is 280 Å². The maximum Gasteiger partial charge on any atom is 0.272 e. The van der Waals surface area contributed by atoms with Gasteiger partial charge in [0.1, 0.15) is 16.8 Å². The number of para-hydroxylation sites is 1. The molecule has 0 spiro atoms. The molecule has 0 radical (unpaired) electrons. The van der Waals surface area contributed by atoms with Gasteiger partial charge in [0.05, 0.1) is 5.02 Å². The second-order valence-corrected chi connectivity index (χ2v) is 12.0. The molecule has 6 rings (SSSR count). The smallest absolute Gasteiger partial charge is 0.272 e. The largest absolute Gasteiger partial charge is 0.361 e. The molecule has 2 aromatic heterocycles. The zero-order valence-electron chi connectivity index (χ0n) is 24.8. The molecule has 0 bridgehead atoms. The van der Waals surface area contributed by atoms with Crippen LogP contribution in [0.1, 0.15) is 26.7 Å².